The molecule has 1 spiro atoms. The van der Waals surface area contributed by atoms with Crippen molar-refractivity contribution in [1.82, 2.24) is 10.3 Å². The smallest absolute Gasteiger partial charge is 0.250 e. The normalized spacial score (nSPS) is 25.5. The number of benzene rings is 3. The number of aromatic nitrogens is 1. The van der Waals surface area contributed by atoms with Gasteiger partial charge in [-0.05, 0) is 66.9 Å². The number of para-hydroxylation sites is 1. The van der Waals surface area contributed by atoms with Gasteiger partial charge in [-0.1, -0.05) is 29.8 Å². The van der Waals surface area contributed by atoms with Crippen molar-refractivity contribution < 1.29 is 19.1 Å². The van der Waals surface area contributed by atoms with Crippen LogP contribution in [0.2, 0.25) is 5.02 Å². The molecule has 4 atom stereocenters. The van der Waals surface area contributed by atoms with Crippen molar-refractivity contribution >= 4 is 51.6 Å². The number of carbonyl (C=O) groups is 3. The number of carbonyl (C=O) groups excluding carboxylic acids is 3. The van der Waals surface area contributed by atoms with E-state index in [1.807, 2.05) is 37.4 Å². The Balaban J connectivity index is 1.38. The number of nitrogens with zero attached hydrogens (tertiary/aromatic N) is 1. The molecule has 0 radical (unpaired) electrons. The highest BCUT2D eigenvalue weighted by Gasteiger charge is 2.70. The summed E-state index contributed by atoms with van der Waals surface area (Å²) in [4.78, 5) is 46.7. The Morgan fingerprint density at radius 2 is 1.79 bits per heavy atom. The molecule has 7 rings (SSSR count). The van der Waals surface area contributed by atoms with Gasteiger partial charge in [-0.25, -0.2) is 4.90 Å². The van der Waals surface area contributed by atoms with Gasteiger partial charge in [0.05, 0.1) is 24.6 Å². The van der Waals surface area contributed by atoms with Crippen LogP contribution < -0.4 is 20.3 Å². The van der Waals surface area contributed by atoms with Crippen molar-refractivity contribution in [3.05, 3.63) is 88.6 Å². The molecule has 0 bridgehead atoms. The number of hydrogen-bond acceptors (Lipinski definition) is 5. The standard InChI is InChI=1S/C30H25ClN4O4/c1-15-11-17(31)13-21-26(15)33-29(38)30(21)25-24(23(34-30)12-16-14-32-22-6-4-3-5-20(16)22)27(36)35(28(25)37)18-7-9-19(39-2)10-8-18/h3-11,13-14,23-25,32,34H,12H2,1-2H3,(H,33,38)/t23-,24+,25-,30-/m0/s1. The van der Waals surface area contributed by atoms with E-state index in [-0.39, 0.29) is 11.8 Å². The lowest BCUT2D eigenvalue weighted by molar-refractivity contribution is -0.130. The molecule has 0 unspecified atom stereocenters. The Morgan fingerprint density at radius 3 is 2.56 bits per heavy atom. The van der Waals surface area contributed by atoms with Crippen LogP contribution in [0.25, 0.3) is 10.9 Å². The fourth-order valence-electron chi connectivity index (χ4n) is 6.73. The summed E-state index contributed by atoms with van der Waals surface area (Å²) in [5.41, 5.74) is 3.03. The number of ether oxygens (including phenoxy) is 1. The van der Waals surface area contributed by atoms with E-state index in [0.29, 0.717) is 34.1 Å². The first kappa shape index (κ1) is 23.9. The minimum absolute atomic E-state index is 0.329. The predicted octanol–water partition coefficient (Wildman–Crippen LogP) is 4.31. The lowest BCUT2D eigenvalue weighted by Crippen LogP contribution is -2.53. The van der Waals surface area contributed by atoms with Crippen LogP contribution in [-0.2, 0) is 26.3 Å². The lowest BCUT2D eigenvalue weighted by atomic mass is 9.76. The summed E-state index contributed by atoms with van der Waals surface area (Å²) in [7, 11) is 1.56. The van der Waals surface area contributed by atoms with Gasteiger partial charge < -0.3 is 15.0 Å². The van der Waals surface area contributed by atoms with E-state index >= 15 is 0 Å². The van der Waals surface area contributed by atoms with Crippen LogP contribution in [0.4, 0.5) is 11.4 Å². The molecule has 2 saturated heterocycles. The van der Waals surface area contributed by atoms with E-state index in [0.717, 1.165) is 22.0 Å². The molecule has 3 aliphatic rings. The number of anilines is 2. The summed E-state index contributed by atoms with van der Waals surface area (Å²) in [5, 5.41) is 8.00. The third-order valence-electron chi connectivity index (χ3n) is 8.43. The van der Waals surface area contributed by atoms with Crippen molar-refractivity contribution in [2.45, 2.75) is 24.9 Å². The third kappa shape index (κ3) is 3.25. The summed E-state index contributed by atoms with van der Waals surface area (Å²) in [6, 6.07) is 17.8. The fraction of sp³-hybridized carbons (Fsp3) is 0.233. The molecule has 0 aliphatic carbocycles. The number of imide groups is 1. The number of hydrogen-bond donors (Lipinski definition) is 3. The van der Waals surface area contributed by atoms with Crippen LogP contribution in [-0.4, -0.2) is 35.9 Å². The summed E-state index contributed by atoms with van der Waals surface area (Å²) in [5.74, 6) is -2.18. The van der Waals surface area contributed by atoms with Crippen molar-refractivity contribution in [3.8, 4) is 5.75 Å². The lowest BCUT2D eigenvalue weighted by Gasteiger charge is -2.29. The summed E-state index contributed by atoms with van der Waals surface area (Å²) >= 11 is 6.47. The van der Waals surface area contributed by atoms with E-state index in [1.54, 1.807) is 43.5 Å². The van der Waals surface area contributed by atoms with Crippen LogP contribution in [0.5, 0.6) is 5.75 Å². The number of nitrogens with one attached hydrogen (secondary N) is 3. The van der Waals surface area contributed by atoms with E-state index < -0.39 is 29.3 Å². The molecule has 9 heteroatoms. The van der Waals surface area contributed by atoms with Crippen LogP contribution in [0, 0.1) is 18.8 Å². The number of fused-ring (bicyclic) bond motifs is 5. The minimum Gasteiger partial charge on any atom is -0.497 e. The maximum Gasteiger partial charge on any atom is 0.250 e. The Labute approximate surface area is 229 Å². The van der Waals surface area contributed by atoms with Crippen LogP contribution in [0.15, 0.2) is 66.9 Å². The van der Waals surface area contributed by atoms with Crippen molar-refractivity contribution in [3.63, 3.8) is 0 Å². The van der Waals surface area contributed by atoms with Gasteiger partial charge in [0.1, 0.15) is 11.3 Å². The molecule has 3 aromatic carbocycles. The molecular formula is C30H25ClN4O4. The van der Waals surface area contributed by atoms with Crippen molar-refractivity contribution in [2.24, 2.45) is 11.8 Å². The Bertz CT molecular complexity index is 1700. The second-order valence-electron chi connectivity index (χ2n) is 10.4. The fourth-order valence-corrected chi connectivity index (χ4v) is 7.00. The quantitative estimate of drug-likeness (QED) is 0.335. The van der Waals surface area contributed by atoms with Gasteiger partial charge in [-0.2, -0.15) is 0 Å². The SMILES string of the molecule is COc1ccc(N2C(=O)[C@@H]3[C@H](Cc4c[nH]c5ccccc45)N[C@]4(C(=O)Nc5c(C)cc(Cl)cc54)[C@@H]3C2=O)cc1. The highest BCUT2D eigenvalue weighted by atomic mass is 35.5. The Morgan fingerprint density at radius 1 is 1.03 bits per heavy atom. The molecule has 39 heavy (non-hydrogen) atoms. The number of methoxy groups -OCH3 is 1. The third-order valence-corrected chi connectivity index (χ3v) is 8.65. The predicted molar refractivity (Wildman–Crippen MR) is 148 cm³/mol. The average Bonchev–Trinajstić information content (AvgIpc) is 3.64. The van der Waals surface area contributed by atoms with Gasteiger partial charge in [0, 0.05) is 39.4 Å². The first-order valence-corrected chi connectivity index (χ1v) is 13.2. The van der Waals surface area contributed by atoms with Gasteiger partial charge >= 0.3 is 0 Å². The molecule has 196 valence electrons. The Kier molecular flexibility index (Phi) is 5.17. The number of aryl methyl sites for hydroxylation is 1. The van der Waals surface area contributed by atoms with Gasteiger partial charge in [0.15, 0.2) is 0 Å². The zero-order valence-electron chi connectivity index (χ0n) is 21.2. The van der Waals surface area contributed by atoms with Crippen molar-refractivity contribution in [1.29, 1.82) is 0 Å². The molecule has 3 amide bonds. The van der Waals surface area contributed by atoms with Gasteiger partial charge in [-0.15, -0.1) is 0 Å². The minimum atomic E-state index is -1.43. The number of rotatable bonds is 4. The molecule has 0 saturated carbocycles. The number of amides is 3. The summed E-state index contributed by atoms with van der Waals surface area (Å²) < 4.78 is 5.26. The highest BCUT2D eigenvalue weighted by molar-refractivity contribution is 6.31. The van der Waals surface area contributed by atoms with Gasteiger partial charge in [0.25, 0.3) is 0 Å². The van der Waals surface area contributed by atoms with Crippen LogP contribution in [0.3, 0.4) is 0 Å². The molecule has 2 fully saturated rings. The molecule has 4 aromatic rings. The van der Waals surface area contributed by atoms with E-state index in [1.165, 1.54) is 4.90 Å². The van der Waals surface area contributed by atoms with E-state index in [4.69, 9.17) is 16.3 Å². The van der Waals surface area contributed by atoms with Gasteiger partial charge in [-0.3, -0.25) is 19.7 Å². The van der Waals surface area contributed by atoms with Gasteiger partial charge in [0.2, 0.25) is 17.7 Å². The number of halogens is 1. The summed E-state index contributed by atoms with van der Waals surface area (Å²) in [6.07, 6.45) is 2.38. The molecule has 1 aromatic heterocycles. The second kappa shape index (κ2) is 8.43. The molecular weight excluding hydrogens is 516 g/mol. The Hall–Kier alpha value is -4.14. The zero-order valence-corrected chi connectivity index (χ0v) is 22.0. The zero-order chi connectivity index (χ0) is 27.1. The van der Waals surface area contributed by atoms with Crippen LogP contribution >= 0.6 is 11.6 Å². The monoisotopic (exact) mass is 540 g/mol. The second-order valence-corrected chi connectivity index (χ2v) is 10.9. The maximum atomic E-state index is 14.2. The number of aromatic amines is 1. The van der Waals surface area contributed by atoms with Crippen molar-refractivity contribution in [2.75, 3.05) is 17.3 Å². The van der Waals surface area contributed by atoms with E-state index in [9.17, 15) is 14.4 Å². The maximum absolute atomic E-state index is 14.2. The largest absolute Gasteiger partial charge is 0.497 e. The molecule has 4 heterocycles. The molecule has 8 nitrogen and oxygen atoms in total. The first-order valence-electron chi connectivity index (χ1n) is 12.8. The first-order chi connectivity index (χ1) is 18.8. The molecule has 3 aliphatic heterocycles. The topological polar surface area (TPSA) is 104 Å². The number of H-pyrrole nitrogens is 1. The molecule has 3 N–H and O–H groups in total. The van der Waals surface area contributed by atoms with E-state index in [2.05, 4.69) is 15.6 Å². The highest BCUT2D eigenvalue weighted by Crippen LogP contribution is 2.55. The summed E-state index contributed by atoms with van der Waals surface area (Å²) in [6.45, 7) is 1.87. The average molecular weight is 541 g/mol. The van der Waals surface area contributed by atoms with Crippen LogP contribution in [0.1, 0.15) is 16.7 Å².